The van der Waals surface area contributed by atoms with Crippen molar-refractivity contribution in [2.24, 2.45) is 0 Å². The van der Waals surface area contributed by atoms with E-state index in [1.165, 1.54) is 12.1 Å². The zero-order valence-corrected chi connectivity index (χ0v) is 16.6. The largest absolute Gasteiger partial charge is 0.367 e. The van der Waals surface area contributed by atoms with Crippen LogP contribution in [0.3, 0.4) is 0 Å². The highest BCUT2D eigenvalue weighted by atomic mass is 35.5. The van der Waals surface area contributed by atoms with E-state index in [9.17, 15) is 9.18 Å². The second kappa shape index (κ2) is 8.66. The molecule has 0 saturated carbocycles. The number of rotatable bonds is 5. The summed E-state index contributed by atoms with van der Waals surface area (Å²) in [7, 11) is 0. The van der Waals surface area contributed by atoms with Crippen molar-refractivity contribution in [3.05, 3.63) is 71.1 Å². The summed E-state index contributed by atoms with van der Waals surface area (Å²) in [4.78, 5) is 16.8. The number of piperazine rings is 1. The Balaban J connectivity index is 1.33. The lowest BCUT2D eigenvalue weighted by Crippen LogP contribution is -2.48. The van der Waals surface area contributed by atoms with E-state index in [1.807, 2.05) is 29.2 Å². The zero-order chi connectivity index (χ0) is 20.2. The number of carbonyl (C=O) groups is 1. The molecule has 3 aromatic rings. The SMILES string of the molecule is O=C(CCc1cnoc1-c1ccc(F)cc1)N1CCN(c2ccccc2Cl)CC1. The fraction of sp³-hybridized carbons (Fsp3) is 0.273. The van der Waals surface area contributed by atoms with Crippen molar-refractivity contribution in [3.63, 3.8) is 0 Å². The van der Waals surface area contributed by atoms with E-state index in [2.05, 4.69) is 10.1 Å². The number of aromatic nitrogens is 1. The Morgan fingerprint density at radius 3 is 2.52 bits per heavy atom. The highest BCUT2D eigenvalue weighted by Crippen LogP contribution is 2.27. The zero-order valence-electron chi connectivity index (χ0n) is 15.9. The molecule has 0 aliphatic carbocycles. The Kier molecular flexibility index (Phi) is 5.81. The summed E-state index contributed by atoms with van der Waals surface area (Å²) in [5.41, 5.74) is 2.61. The van der Waals surface area contributed by atoms with Gasteiger partial charge in [-0.15, -0.1) is 0 Å². The molecule has 1 aliphatic rings. The van der Waals surface area contributed by atoms with Gasteiger partial charge in [-0.25, -0.2) is 4.39 Å². The third kappa shape index (κ3) is 4.43. The van der Waals surface area contributed by atoms with Gasteiger partial charge in [0.25, 0.3) is 0 Å². The van der Waals surface area contributed by atoms with Crippen LogP contribution in [-0.4, -0.2) is 42.1 Å². The molecule has 7 heteroatoms. The lowest BCUT2D eigenvalue weighted by molar-refractivity contribution is -0.131. The maximum absolute atomic E-state index is 13.1. The number of anilines is 1. The number of amides is 1. The Hall–Kier alpha value is -2.86. The smallest absolute Gasteiger partial charge is 0.223 e. The molecule has 29 heavy (non-hydrogen) atoms. The lowest BCUT2D eigenvalue weighted by atomic mass is 10.0. The Morgan fingerprint density at radius 1 is 1.07 bits per heavy atom. The molecule has 1 aromatic heterocycles. The van der Waals surface area contributed by atoms with Crippen molar-refractivity contribution in [2.75, 3.05) is 31.1 Å². The van der Waals surface area contributed by atoms with Crippen molar-refractivity contribution in [3.8, 4) is 11.3 Å². The van der Waals surface area contributed by atoms with Crippen molar-refractivity contribution >= 4 is 23.2 Å². The average molecular weight is 414 g/mol. The van der Waals surface area contributed by atoms with Gasteiger partial charge in [0.15, 0.2) is 5.76 Å². The summed E-state index contributed by atoms with van der Waals surface area (Å²) in [6.07, 6.45) is 2.53. The number of carbonyl (C=O) groups excluding carboxylic acids is 1. The molecular formula is C22H21ClFN3O2. The summed E-state index contributed by atoms with van der Waals surface area (Å²) >= 11 is 6.28. The van der Waals surface area contributed by atoms with E-state index >= 15 is 0 Å². The number of para-hydroxylation sites is 1. The van der Waals surface area contributed by atoms with Crippen LogP contribution in [0.5, 0.6) is 0 Å². The van der Waals surface area contributed by atoms with Crippen LogP contribution >= 0.6 is 11.6 Å². The molecule has 2 aromatic carbocycles. The molecule has 0 spiro atoms. The molecule has 1 fully saturated rings. The molecule has 4 rings (SSSR count). The number of halogens is 2. The van der Waals surface area contributed by atoms with Crippen LogP contribution in [0.1, 0.15) is 12.0 Å². The van der Waals surface area contributed by atoms with E-state index in [0.717, 1.165) is 34.9 Å². The number of benzene rings is 2. The maximum Gasteiger partial charge on any atom is 0.223 e. The van der Waals surface area contributed by atoms with Crippen LogP contribution in [0.4, 0.5) is 10.1 Å². The predicted octanol–water partition coefficient (Wildman–Crippen LogP) is 4.42. The summed E-state index contributed by atoms with van der Waals surface area (Å²) in [6.45, 7) is 2.84. The van der Waals surface area contributed by atoms with Crippen molar-refractivity contribution in [1.29, 1.82) is 0 Å². The number of aryl methyl sites for hydroxylation is 1. The second-order valence-corrected chi connectivity index (χ2v) is 7.41. The highest BCUT2D eigenvalue weighted by Gasteiger charge is 2.23. The van der Waals surface area contributed by atoms with Crippen LogP contribution in [0.25, 0.3) is 11.3 Å². The van der Waals surface area contributed by atoms with E-state index in [-0.39, 0.29) is 11.7 Å². The first-order valence-corrected chi connectivity index (χ1v) is 9.96. The number of hydrogen-bond donors (Lipinski definition) is 0. The van der Waals surface area contributed by atoms with Crippen molar-refractivity contribution < 1.29 is 13.7 Å². The quantitative estimate of drug-likeness (QED) is 0.621. The Morgan fingerprint density at radius 2 is 1.79 bits per heavy atom. The van der Waals surface area contributed by atoms with Gasteiger partial charge in [0.1, 0.15) is 5.82 Å². The van der Waals surface area contributed by atoms with Gasteiger partial charge in [-0.1, -0.05) is 28.9 Å². The minimum absolute atomic E-state index is 0.107. The first-order valence-electron chi connectivity index (χ1n) is 9.58. The molecule has 0 radical (unpaired) electrons. The third-order valence-electron chi connectivity index (χ3n) is 5.18. The van der Waals surface area contributed by atoms with Crippen LogP contribution in [0, 0.1) is 5.82 Å². The molecule has 0 bridgehead atoms. The van der Waals surface area contributed by atoms with Gasteiger partial charge >= 0.3 is 0 Å². The molecule has 1 aliphatic heterocycles. The van der Waals surface area contributed by atoms with Crippen LogP contribution < -0.4 is 4.90 Å². The van der Waals surface area contributed by atoms with Crippen molar-refractivity contribution in [1.82, 2.24) is 10.1 Å². The minimum Gasteiger partial charge on any atom is -0.367 e. The molecule has 150 valence electrons. The molecule has 0 unspecified atom stereocenters. The van der Waals surface area contributed by atoms with E-state index in [4.69, 9.17) is 16.1 Å². The van der Waals surface area contributed by atoms with Gasteiger partial charge in [0, 0.05) is 43.7 Å². The molecule has 1 saturated heterocycles. The normalized spacial score (nSPS) is 14.3. The molecule has 2 heterocycles. The van der Waals surface area contributed by atoms with E-state index in [0.29, 0.717) is 31.7 Å². The summed E-state index contributed by atoms with van der Waals surface area (Å²) in [5, 5.41) is 4.58. The molecule has 0 N–H and O–H groups in total. The summed E-state index contributed by atoms with van der Waals surface area (Å²) in [5.74, 6) is 0.386. The predicted molar refractivity (Wildman–Crippen MR) is 110 cm³/mol. The van der Waals surface area contributed by atoms with Crippen LogP contribution in [0.15, 0.2) is 59.3 Å². The van der Waals surface area contributed by atoms with Gasteiger partial charge in [0.2, 0.25) is 5.91 Å². The van der Waals surface area contributed by atoms with Gasteiger partial charge in [-0.3, -0.25) is 4.79 Å². The van der Waals surface area contributed by atoms with Gasteiger partial charge in [-0.05, 0) is 42.8 Å². The monoisotopic (exact) mass is 413 g/mol. The average Bonchev–Trinajstić information content (AvgIpc) is 3.22. The van der Waals surface area contributed by atoms with Gasteiger partial charge in [0.05, 0.1) is 16.9 Å². The van der Waals surface area contributed by atoms with Crippen molar-refractivity contribution in [2.45, 2.75) is 12.8 Å². The second-order valence-electron chi connectivity index (χ2n) is 7.01. The first kappa shape index (κ1) is 19.5. The standard InChI is InChI=1S/C22H21ClFN3O2/c23-19-3-1-2-4-20(19)26-11-13-27(14-12-26)21(28)10-7-17-15-25-29-22(17)16-5-8-18(24)9-6-16/h1-6,8-9,15H,7,10-14H2. The third-order valence-corrected chi connectivity index (χ3v) is 5.50. The Labute approximate surface area is 173 Å². The van der Waals surface area contributed by atoms with Crippen LogP contribution in [-0.2, 0) is 11.2 Å². The minimum atomic E-state index is -0.305. The fourth-order valence-electron chi connectivity index (χ4n) is 3.58. The van der Waals surface area contributed by atoms with E-state index in [1.54, 1.807) is 18.3 Å². The number of hydrogen-bond acceptors (Lipinski definition) is 4. The fourth-order valence-corrected chi connectivity index (χ4v) is 3.84. The highest BCUT2D eigenvalue weighted by molar-refractivity contribution is 6.33. The maximum atomic E-state index is 13.1. The molecule has 1 amide bonds. The molecular weight excluding hydrogens is 393 g/mol. The van der Waals surface area contributed by atoms with Gasteiger partial charge in [-0.2, -0.15) is 0 Å². The van der Waals surface area contributed by atoms with E-state index < -0.39 is 0 Å². The molecule has 0 atom stereocenters. The Bertz CT molecular complexity index is 982. The molecule has 5 nitrogen and oxygen atoms in total. The van der Waals surface area contributed by atoms with Gasteiger partial charge < -0.3 is 14.3 Å². The summed E-state index contributed by atoms with van der Waals surface area (Å²) in [6, 6.07) is 13.8. The lowest BCUT2D eigenvalue weighted by Gasteiger charge is -2.36. The first-order chi connectivity index (χ1) is 14.1. The topological polar surface area (TPSA) is 49.6 Å². The van der Waals surface area contributed by atoms with Crippen LogP contribution in [0.2, 0.25) is 5.02 Å². The summed E-state index contributed by atoms with van der Waals surface area (Å²) < 4.78 is 18.5. The number of nitrogens with zero attached hydrogens (tertiary/aromatic N) is 3.